The third-order valence-corrected chi connectivity index (χ3v) is 5.76. The zero-order chi connectivity index (χ0) is 23.3. The summed E-state index contributed by atoms with van der Waals surface area (Å²) in [6.45, 7) is 2.34. The maximum absolute atomic E-state index is 14.4. The number of esters is 1. The Morgan fingerprint density at radius 1 is 1.09 bits per heavy atom. The predicted molar refractivity (Wildman–Crippen MR) is 114 cm³/mol. The first kappa shape index (κ1) is 23.5. The summed E-state index contributed by atoms with van der Waals surface area (Å²) in [5, 5.41) is 0. The normalized spacial score (nSPS) is 18.2. The first-order valence-corrected chi connectivity index (χ1v) is 10.5. The third-order valence-electron chi connectivity index (χ3n) is 5.76. The molecule has 32 heavy (non-hydrogen) atoms. The van der Waals surface area contributed by atoms with Gasteiger partial charge in [0.1, 0.15) is 23.1 Å². The average molecular weight is 447 g/mol. The lowest BCUT2D eigenvalue weighted by molar-refractivity contribution is -0.158. The minimum Gasteiger partial charge on any atom is -0.497 e. The number of likely N-dealkylation sites (tertiary alicyclic amines) is 1. The number of carbonyl (C=O) groups is 2. The van der Waals surface area contributed by atoms with E-state index in [0.29, 0.717) is 36.4 Å². The van der Waals surface area contributed by atoms with Crippen molar-refractivity contribution in [1.29, 1.82) is 0 Å². The van der Waals surface area contributed by atoms with E-state index in [0.717, 1.165) is 12.1 Å². The zero-order valence-corrected chi connectivity index (χ0v) is 18.5. The van der Waals surface area contributed by atoms with E-state index in [1.54, 1.807) is 30.0 Å². The van der Waals surface area contributed by atoms with Gasteiger partial charge in [-0.25, -0.2) is 8.78 Å². The van der Waals surface area contributed by atoms with Crippen molar-refractivity contribution in [3.63, 3.8) is 0 Å². The topological polar surface area (TPSA) is 65.1 Å². The highest BCUT2D eigenvalue weighted by molar-refractivity contribution is 5.97. The van der Waals surface area contributed by atoms with E-state index in [9.17, 15) is 18.4 Å². The van der Waals surface area contributed by atoms with Crippen molar-refractivity contribution in [1.82, 2.24) is 4.90 Å². The fraction of sp³-hybridized carbons (Fsp3) is 0.417. The van der Waals surface area contributed by atoms with Crippen molar-refractivity contribution in [2.45, 2.75) is 26.2 Å². The molecule has 1 saturated heterocycles. The predicted octanol–water partition coefficient (Wildman–Crippen LogP) is 4.01. The molecular formula is C24H27F2NO5. The molecule has 1 atom stereocenters. The van der Waals surface area contributed by atoms with Gasteiger partial charge in [0.25, 0.3) is 5.91 Å². The number of ether oxygens (including phenoxy) is 3. The van der Waals surface area contributed by atoms with Crippen LogP contribution < -0.4 is 9.47 Å². The smallest absolute Gasteiger partial charge is 0.314 e. The van der Waals surface area contributed by atoms with Gasteiger partial charge in [-0.2, -0.15) is 0 Å². The number of methoxy groups -OCH3 is 2. The van der Waals surface area contributed by atoms with Crippen molar-refractivity contribution in [3.8, 4) is 11.5 Å². The van der Waals surface area contributed by atoms with E-state index >= 15 is 0 Å². The van der Waals surface area contributed by atoms with Crippen LogP contribution in [0, 0.1) is 17.0 Å². The van der Waals surface area contributed by atoms with E-state index in [2.05, 4.69) is 0 Å². The standard InChI is InChI=1S/C24H27F2NO5/c1-4-32-23(29)24(14-16-6-7-17(25)12-20(16)26)10-5-11-27(15-24)22(28)19-9-8-18(30-2)13-21(19)31-3/h6-9,12-13H,4-5,10-11,14-15H2,1-3H3/t24-/m0/s1. The Bertz CT molecular complexity index is 996. The molecule has 1 aliphatic rings. The van der Waals surface area contributed by atoms with E-state index in [-0.39, 0.29) is 31.0 Å². The van der Waals surface area contributed by atoms with Gasteiger partial charge in [0.2, 0.25) is 0 Å². The van der Waals surface area contributed by atoms with Gasteiger partial charge in [-0.3, -0.25) is 9.59 Å². The van der Waals surface area contributed by atoms with Crippen LogP contribution in [0.5, 0.6) is 11.5 Å². The first-order valence-electron chi connectivity index (χ1n) is 10.5. The molecule has 8 heteroatoms. The fourth-order valence-electron chi connectivity index (χ4n) is 4.15. The van der Waals surface area contributed by atoms with Gasteiger partial charge >= 0.3 is 5.97 Å². The quantitative estimate of drug-likeness (QED) is 0.600. The van der Waals surface area contributed by atoms with Crippen molar-refractivity contribution in [2.24, 2.45) is 5.41 Å². The van der Waals surface area contributed by atoms with Crippen molar-refractivity contribution in [2.75, 3.05) is 33.9 Å². The van der Waals surface area contributed by atoms with Gasteiger partial charge < -0.3 is 19.1 Å². The molecule has 172 valence electrons. The average Bonchev–Trinajstić information content (AvgIpc) is 2.80. The van der Waals surface area contributed by atoms with Crippen LogP contribution in [0.25, 0.3) is 0 Å². The second-order valence-electron chi connectivity index (χ2n) is 7.81. The maximum atomic E-state index is 14.4. The minimum atomic E-state index is -1.14. The number of benzene rings is 2. The first-order chi connectivity index (χ1) is 15.3. The molecule has 0 aromatic heterocycles. The maximum Gasteiger partial charge on any atom is 0.314 e. The van der Waals surface area contributed by atoms with Crippen molar-refractivity contribution >= 4 is 11.9 Å². The fourth-order valence-corrected chi connectivity index (χ4v) is 4.15. The molecule has 2 aromatic rings. The van der Waals surface area contributed by atoms with Crippen LogP contribution in [0.1, 0.15) is 35.7 Å². The minimum absolute atomic E-state index is 0.00146. The molecule has 6 nitrogen and oxygen atoms in total. The van der Waals surface area contributed by atoms with E-state index in [1.807, 2.05) is 0 Å². The summed E-state index contributed by atoms with van der Waals surface area (Å²) in [4.78, 5) is 27.9. The van der Waals surface area contributed by atoms with Gasteiger partial charge in [-0.15, -0.1) is 0 Å². The Hall–Kier alpha value is -3.16. The Balaban J connectivity index is 1.93. The summed E-state index contributed by atoms with van der Waals surface area (Å²) >= 11 is 0. The van der Waals surface area contributed by atoms with E-state index in [1.165, 1.54) is 20.3 Å². The lowest BCUT2D eigenvalue weighted by Crippen LogP contribution is -2.51. The monoisotopic (exact) mass is 447 g/mol. The number of hydrogen-bond acceptors (Lipinski definition) is 5. The van der Waals surface area contributed by atoms with Gasteiger partial charge in [0.15, 0.2) is 0 Å². The second-order valence-corrected chi connectivity index (χ2v) is 7.81. The van der Waals surface area contributed by atoms with Crippen molar-refractivity contribution in [3.05, 3.63) is 59.2 Å². The van der Waals surface area contributed by atoms with Crippen LogP contribution in [-0.2, 0) is 16.0 Å². The highest BCUT2D eigenvalue weighted by Crippen LogP contribution is 2.37. The van der Waals surface area contributed by atoms with Crippen LogP contribution in [0.2, 0.25) is 0 Å². The van der Waals surface area contributed by atoms with Gasteiger partial charge in [0.05, 0.1) is 31.8 Å². The molecule has 0 saturated carbocycles. The van der Waals surface area contributed by atoms with Crippen molar-refractivity contribution < 1.29 is 32.6 Å². The lowest BCUT2D eigenvalue weighted by Gasteiger charge is -2.41. The number of piperidine rings is 1. The molecule has 1 heterocycles. The molecule has 0 spiro atoms. The number of amides is 1. The van der Waals surface area contributed by atoms with E-state index < -0.39 is 23.0 Å². The molecule has 0 aliphatic carbocycles. The molecule has 1 aliphatic heterocycles. The number of hydrogen-bond donors (Lipinski definition) is 0. The number of carbonyl (C=O) groups excluding carboxylic acids is 2. The molecule has 1 fully saturated rings. The highest BCUT2D eigenvalue weighted by atomic mass is 19.1. The third kappa shape index (κ3) is 4.84. The van der Waals surface area contributed by atoms with Crippen LogP contribution in [0.4, 0.5) is 8.78 Å². The number of rotatable bonds is 7. The molecule has 0 N–H and O–H groups in total. The Kier molecular flexibility index (Phi) is 7.33. The molecule has 3 rings (SSSR count). The second kappa shape index (κ2) is 9.97. The molecule has 2 aromatic carbocycles. The zero-order valence-electron chi connectivity index (χ0n) is 18.5. The summed E-state index contributed by atoms with van der Waals surface area (Å²) in [6, 6.07) is 8.17. The van der Waals surface area contributed by atoms with Crippen LogP contribution >= 0.6 is 0 Å². The number of nitrogens with zero attached hydrogens (tertiary/aromatic N) is 1. The molecule has 1 amide bonds. The van der Waals surface area contributed by atoms with Crippen LogP contribution in [0.15, 0.2) is 36.4 Å². The number of halogens is 2. The van der Waals surface area contributed by atoms with Crippen LogP contribution in [0.3, 0.4) is 0 Å². The Labute approximate surface area is 186 Å². The summed E-state index contributed by atoms with van der Waals surface area (Å²) in [5.41, 5.74) is -0.598. The Morgan fingerprint density at radius 2 is 1.88 bits per heavy atom. The Morgan fingerprint density at radius 3 is 2.53 bits per heavy atom. The lowest BCUT2D eigenvalue weighted by atomic mass is 9.74. The SMILES string of the molecule is CCOC(=O)[C@]1(Cc2ccc(F)cc2F)CCCN(C(=O)c2ccc(OC)cc2OC)C1. The van der Waals surface area contributed by atoms with E-state index in [4.69, 9.17) is 14.2 Å². The molecule has 0 bridgehead atoms. The van der Waals surface area contributed by atoms with Crippen LogP contribution in [-0.4, -0.2) is 50.7 Å². The van der Waals surface area contributed by atoms with Gasteiger partial charge in [-0.05, 0) is 49.9 Å². The molecule has 0 unspecified atom stereocenters. The molecular weight excluding hydrogens is 420 g/mol. The summed E-state index contributed by atoms with van der Waals surface area (Å²) in [6.07, 6.45) is 0.958. The summed E-state index contributed by atoms with van der Waals surface area (Å²) in [7, 11) is 2.98. The molecule has 0 radical (unpaired) electrons. The summed E-state index contributed by atoms with van der Waals surface area (Å²) < 4.78 is 43.6. The summed E-state index contributed by atoms with van der Waals surface area (Å²) in [5.74, 6) is -1.33. The van der Waals surface area contributed by atoms with Gasteiger partial charge in [0, 0.05) is 25.2 Å². The van der Waals surface area contributed by atoms with Gasteiger partial charge in [-0.1, -0.05) is 6.07 Å². The highest BCUT2D eigenvalue weighted by Gasteiger charge is 2.45. The largest absolute Gasteiger partial charge is 0.497 e.